The molecule has 0 bridgehead atoms. The first kappa shape index (κ1) is 24.3. The van der Waals surface area contributed by atoms with E-state index in [4.69, 9.17) is 9.47 Å². The van der Waals surface area contributed by atoms with Gasteiger partial charge >= 0.3 is 0 Å². The minimum absolute atomic E-state index is 0.0204. The summed E-state index contributed by atoms with van der Waals surface area (Å²) in [5.74, 6) is 0.976. The molecule has 0 aliphatic carbocycles. The number of likely N-dealkylation sites (N-methyl/N-ethyl adjacent to an activating group) is 1. The Hall–Kier alpha value is -2.86. The van der Waals surface area contributed by atoms with Crippen LogP contribution in [-0.4, -0.2) is 66.6 Å². The Kier molecular flexibility index (Phi) is 8.22. The molecule has 1 saturated heterocycles. The van der Waals surface area contributed by atoms with Gasteiger partial charge in [-0.1, -0.05) is 48.5 Å². The average Bonchev–Trinajstić information content (AvgIpc) is 2.88. The topological polar surface area (TPSA) is 59.1 Å². The van der Waals surface area contributed by atoms with Gasteiger partial charge in [-0.3, -0.25) is 9.59 Å². The third kappa shape index (κ3) is 5.79. The van der Waals surface area contributed by atoms with Gasteiger partial charge in [0.2, 0.25) is 5.91 Å². The van der Waals surface area contributed by atoms with Crippen molar-refractivity contribution in [2.45, 2.75) is 51.0 Å². The molecule has 6 heteroatoms. The molecule has 6 nitrogen and oxygen atoms in total. The Labute approximate surface area is 202 Å². The van der Waals surface area contributed by atoms with Crippen LogP contribution >= 0.6 is 0 Å². The summed E-state index contributed by atoms with van der Waals surface area (Å²) in [7, 11) is 0. The monoisotopic (exact) mass is 464 g/mol. The zero-order valence-corrected chi connectivity index (χ0v) is 20.2. The van der Waals surface area contributed by atoms with Gasteiger partial charge in [0.1, 0.15) is 12.4 Å². The van der Waals surface area contributed by atoms with Gasteiger partial charge in [-0.25, -0.2) is 0 Å². The number of carbonyl (C=O) groups is 2. The van der Waals surface area contributed by atoms with Crippen LogP contribution in [0.5, 0.6) is 5.75 Å². The number of hydrogen-bond donors (Lipinski definition) is 0. The molecule has 2 aromatic rings. The molecule has 2 amide bonds. The first-order chi connectivity index (χ1) is 16.6. The summed E-state index contributed by atoms with van der Waals surface area (Å²) in [6, 6.07) is 18.2. The van der Waals surface area contributed by atoms with Crippen molar-refractivity contribution in [1.82, 2.24) is 9.80 Å². The second-order valence-electron chi connectivity index (χ2n) is 9.19. The lowest BCUT2D eigenvalue weighted by molar-refractivity contribution is -0.176. The van der Waals surface area contributed by atoms with E-state index in [0.717, 1.165) is 30.6 Å². The highest BCUT2D eigenvalue weighted by Crippen LogP contribution is 2.30. The van der Waals surface area contributed by atoms with Crippen molar-refractivity contribution in [3.8, 4) is 5.75 Å². The zero-order valence-electron chi connectivity index (χ0n) is 20.2. The van der Waals surface area contributed by atoms with Crippen molar-refractivity contribution in [2.24, 2.45) is 0 Å². The molecular formula is C28H36N2O4. The molecule has 2 aromatic carbocycles. The van der Waals surface area contributed by atoms with E-state index in [1.54, 1.807) is 0 Å². The Morgan fingerprint density at radius 3 is 2.62 bits per heavy atom. The number of aryl methyl sites for hydroxylation is 2. The summed E-state index contributed by atoms with van der Waals surface area (Å²) in [5.41, 5.74) is 1.38. The Bertz CT molecular complexity index is 964. The second kappa shape index (κ2) is 11.5. The molecular weight excluding hydrogens is 428 g/mol. The minimum atomic E-state index is -0.977. The Morgan fingerprint density at radius 2 is 1.79 bits per heavy atom. The van der Waals surface area contributed by atoms with E-state index in [-0.39, 0.29) is 11.8 Å². The van der Waals surface area contributed by atoms with Gasteiger partial charge < -0.3 is 19.3 Å². The smallest absolute Gasteiger partial charge is 0.256 e. The lowest BCUT2D eigenvalue weighted by Gasteiger charge is -2.44. The van der Waals surface area contributed by atoms with Crippen molar-refractivity contribution in [2.75, 3.05) is 39.4 Å². The van der Waals surface area contributed by atoms with E-state index in [1.165, 1.54) is 5.56 Å². The molecule has 2 aliphatic heterocycles. The second-order valence-corrected chi connectivity index (χ2v) is 9.19. The number of fused-ring (bicyclic) bond motifs is 1. The van der Waals surface area contributed by atoms with E-state index in [0.29, 0.717) is 58.7 Å². The van der Waals surface area contributed by atoms with E-state index in [2.05, 4.69) is 6.07 Å². The maximum atomic E-state index is 13.8. The van der Waals surface area contributed by atoms with Gasteiger partial charge in [-0.2, -0.15) is 0 Å². The van der Waals surface area contributed by atoms with Crippen LogP contribution < -0.4 is 4.74 Å². The molecule has 2 aliphatic rings. The zero-order chi connectivity index (χ0) is 23.8. The molecule has 0 radical (unpaired) electrons. The Balaban J connectivity index is 1.47. The highest BCUT2D eigenvalue weighted by atomic mass is 16.5. The average molecular weight is 465 g/mol. The number of rotatable bonds is 4. The third-order valence-corrected chi connectivity index (χ3v) is 6.94. The van der Waals surface area contributed by atoms with Crippen molar-refractivity contribution in [3.05, 3.63) is 65.7 Å². The van der Waals surface area contributed by atoms with Crippen LogP contribution in [0, 0.1) is 0 Å². The summed E-state index contributed by atoms with van der Waals surface area (Å²) in [6.07, 6.45) is 4.45. The molecule has 34 heavy (non-hydrogen) atoms. The molecule has 0 saturated carbocycles. The minimum Gasteiger partial charge on any atom is -0.491 e. The van der Waals surface area contributed by atoms with Crippen molar-refractivity contribution < 1.29 is 19.1 Å². The SMILES string of the molecule is CCN1CCOc2ccccc2CCCCC2(CN(C(=O)CCc3ccccc3)CCO2)C1=O. The molecule has 1 spiro atoms. The summed E-state index contributed by atoms with van der Waals surface area (Å²) >= 11 is 0. The van der Waals surface area contributed by atoms with Gasteiger partial charge in [0.25, 0.3) is 5.91 Å². The number of carbonyl (C=O) groups excluding carboxylic acids is 2. The van der Waals surface area contributed by atoms with Crippen LogP contribution in [0.3, 0.4) is 0 Å². The number of hydrogen-bond acceptors (Lipinski definition) is 4. The van der Waals surface area contributed by atoms with Gasteiger partial charge in [0.05, 0.1) is 19.7 Å². The number of amides is 2. The van der Waals surface area contributed by atoms with E-state index in [1.807, 2.05) is 65.3 Å². The molecule has 182 valence electrons. The molecule has 0 aromatic heterocycles. The standard InChI is InChI=1S/C28H36N2O4/c1-2-29-18-20-33-25-14-7-6-12-24(25)13-8-9-17-28(27(29)32)22-30(19-21-34-28)26(31)16-15-23-10-4-3-5-11-23/h3-7,10-12,14H,2,8-9,13,15-22H2,1H3. The molecule has 1 fully saturated rings. The van der Waals surface area contributed by atoms with Gasteiger partial charge in [-0.15, -0.1) is 0 Å². The van der Waals surface area contributed by atoms with Crippen LogP contribution in [-0.2, 0) is 27.2 Å². The maximum Gasteiger partial charge on any atom is 0.256 e. The van der Waals surface area contributed by atoms with Crippen LogP contribution in [0.25, 0.3) is 0 Å². The third-order valence-electron chi connectivity index (χ3n) is 6.94. The predicted molar refractivity (Wildman–Crippen MR) is 132 cm³/mol. The Morgan fingerprint density at radius 1 is 1.00 bits per heavy atom. The largest absolute Gasteiger partial charge is 0.491 e. The van der Waals surface area contributed by atoms with Crippen LogP contribution in [0.4, 0.5) is 0 Å². The van der Waals surface area contributed by atoms with Crippen molar-refractivity contribution in [3.63, 3.8) is 0 Å². The highest BCUT2D eigenvalue weighted by molar-refractivity contribution is 5.87. The number of benzene rings is 2. The summed E-state index contributed by atoms with van der Waals surface area (Å²) in [6.45, 7) is 4.75. The lowest BCUT2D eigenvalue weighted by Crippen LogP contribution is -2.62. The number of nitrogens with zero attached hydrogens (tertiary/aromatic N) is 2. The summed E-state index contributed by atoms with van der Waals surface area (Å²) in [5, 5.41) is 0. The van der Waals surface area contributed by atoms with Gasteiger partial charge in [0.15, 0.2) is 5.60 Å². The normalized spacial score (nSPS) is 21.9. The maximum absolute atomic E-state index is 13.8. The first-order valence-corrected chi connectivity index (χ1v) is 12.6. The fraction of sp³-hybridized carbons (Fsp3) is 0.500. The van der Waals surface area contributed by atoms with Crippen LogP contribution in [0.2, 0.25) is 0 Å². The fourth-order valence-electron chi connectivity index (χ4n) is 4.97. The van der Waals surface area contributed by atoms with Gasteiger partial charge in [0, 0.05) is 19.5 Å². The predicted octanol–water partition coefficient (Wildman–Crippen LogP) is 3.87. The van der Waals surface area contributed by atoms with E-state index in [9.17, 15) is 9.59 Å². The first-order valence-electron chi connectivity index (χ1n) is 12.6. The van der Waals surface area contributed by atoms with Crippen LogP contribution in [0.1, 0.15) is 43.7 Å². The van der Waals surface area contributed by atoms with Crippen molar-refractivity contribution in [1.29, 1.82) is 0 Å². The highest BCUT2D eigenvalue weighted by Gasteiger charge is 2.46. The molecule has 0 N–H and O–H groups in total. The molecule has 4 rings (SSSR count). The molecule has 1 unspecified atom stereocenters. The number of para-hydroxylation sites is 1. The summed E-state index contributed by atoms with van der Waals surface area (Å²) < 4.78 is 12.3. The lowest BCUT2D eigenvalue weighted by atomic mass is 9.90. The van der Waals surface area contributed by atoms with Crippen molar-refractivity contribution >= 4 is 11.8 Å². The van der Waals surface area contributed by atoms with E-state index < -0.39 is 5.60 Å². The summed E-state index contributed by atoms with van der Waals surface area (Å²) in [4.78, 5) is 30.5. The quantitative estimate of drug-likeness (QED) is 0.689. The number of morpholine rings is 1. The van der Waals surface area contributed by atoms with E-state index >= 15 is 0 Å². The van der Waals surface area contributed by atoms with Gasteiger partial charge in [-0.05, 0) is 56.2 Å². The number of ether oxygens (including phenoxy) is 2. The molecule has 2 heterocycles. The molecule has 1 atom stereocenters. The van der Waals surface area contributed by atoms with Crippen LogP contribution in [0.15, 0.2) is 54.6 Å². The fourth-order valence-corrected chi connectivity index (χ4v) is 4.97.